The van der Waals surface area contributed by atoms with E-state index in [-0.39, 0.29) is 11.6 Å². The Morgan fingerprint density at radius 3 is 2.50 bits per heavy atom. The Morgan fingerprint density at radius 1 is 1.18 bits per heavy atom. The molecule has 22 heavy (non-hydrogen) atoms. The van der Waals surface area contributed by atoms with Gasteiger partial charge < -0.3 is 15.4 Å². The first-order valence-electron chi connectivity index (χ1n) is 7.37. The van der Waals surface area contributed by atoms with Crippen molar-refractivity contribution in [3.05, 3.63) is 57.8 Å². The van der Waals surface area contributed by atoms with E-state index in [1.165, 1.54) is 11.1 Å². The van der Waals surface area contributed by atoms with E-state index >= 15 is 0 Å². The van der Waals surface area contributed by atoms with Crippen molar-refractivity contribution in [3.8, 4) is 0 Å². The lowest BCUT2D eigenvalue weighted by Gasteiger charge is -2.27. The fourth-order valence-corrected chi connectivity index (χ4v) is 3.53. The molecule has 0 saturated heterocycles. The molecule has 0 fully saturated rings. The first-order chi connectivity index (χ1) is 10.7. The maximum Gasteiger partial charge on any atom is 0.315 e. The van der Waals surface area contributed by atoms with Gasteiger partial charge in [0.05, 0.1) is 12.1 Å². The first-order valence-corrected chi connectivity index (χ1v) is 8.25. The third-order valence-electron chi connectivity index (χ3n) is 4.15. The highest BCUT2D eigenvalue weighted by molar-refractivity contribution is 7.09. The second-order valence-corrected chi connectivity index (χ2v) is 6.66. The van der Waals surface area contributed by atoms with Crippen LogP contribution in [0.25, 0.3) is 0 Å². The summed E-state index contributed by atoms with van der Waals surface area (Å²) in [5.41, 5.74) is 2.29. The number of hydrogen-bond acceptors (Lipinski definition) is 3. The molecule has 2 aromatic rings. The highest BCUT2D eigenvalue weighted by Crippen LogP contribution is 2.31. The Morgan fingerprint density at radius 2 is 1.91 bits per heavy atom. The molecule has 0 atom stereocenters. The zero-order chi connectivity index (χ0) is 15.4. The average molecular weight is 316 g/mol. The summed E-state index contributed by atoms with van der Waals surface area (Å²) in [4.78, 5) is 13.1. The number of fused-ring (bicyclic) bond motifs is 1. The number of ether oxygens (including phenoxy) is 1. The molecule has 5 heteroatoms. The molecule has 3 rings (SSSR count). The quantitative estimate of drug-likeness (QED) is 0.891. The minimum Gasteiger partial charge on any atom is -0.376 e. The van der Waals surface area contributed by atoms with Crippen molar-refractivity contribution in [2.75, 3.05) is 13.7 Å². The minimum absolute atomic E-state index is 0.152. The second kappa shape index (κ2) is 6.50. The predicted octanol–water partition coefficient (Wildman–Crippen LogP) is 2.73. The van der Waals surface area contributed by atoms with Crippen LogP contribution in [0.3, 0.4) is 0 Å². The van der Waals surface area contributed by atoms with Crippen molar-refractivity contribution < 1.29 is 9.53 Å². The summed E-state index contributed by atoms with van der Waals surface area (Å²) in [5, 5.41) is 7.82. The molecule has 2 amide bonds. The molecule has 0 saturated carbocycles. The Balaban J connectivity index is 1.53. The highest BCUT2D eigenvalue weighted by atomic mass is 32.1. The zero-order valence-electron chi connectivity index (χ0n) is 12.6. The van der Waals surface area contributed by atoms with Crippen molar-refractivity contribution in [2.24, 2.45) is 0 Å². The van der Waals surface area contributed by atoms with Crippen LogP contribution in [0.15, 0.2) is 41.8 Å². The second-order valence-electron chi connectivity index (χ2n) is 5.62. The van der Waals surface area contributed by atoms with Gasteiger partial charge in [-0.05, 0) is 22.6 Å². The van der Waals surface area contributed by atoms with E-state index in [9.17, 15) is 4.79 Å². The lowest BCUT2D eigenvalue weighted by molar-refractivity contribution is 0.00177. The van der Waals surface area contributed by atoms with Gasteiger partial charge in [0.2, 0.25) is 0 Å². The van der Waals surface area contributed by atoms with Gasteiger partial charge >= 0.3 is 6.03 Å². The third kappa shape index (κ3) is 3.31. The van der Waals surface area contributed by atoms with Crippen molar-refractivity contribution >= 4 is 17.4 Å². The molecule has 1 aromatic carbocycles. The van der Waals surface area contributed by atoms with E-state index in [1.54, 1.807) is 18.4 Å². The summed E-state index contributed by atoms with van der Waals surface area (Å²) >= 11 is 1.64. The number of benzene rings is 1. The molecule has 116 valence electrons. The third-order valence-corrected chi connectivity index (χ3v) is 5.03. The summed E-state index contributed by atoms with van der Waals surface area (Å²) in [6, 6.07) is 12.2. The molecule has 1 heterocycles. The molecule has 1 aliphatic carbocycles. The molecule has 4 nitrogen and oxygen atoms in total. The van der Waals surface area contributed by atoms with Crippen LogP contribution in [-0.4, -0.2) is 25.3 Å². The van der Waals surface area contributed by atoms with Gasteiger partial charge in [0.25, 0.3) is 0 Å². The zero-order valence-corrected chi connectivity index (χ0v) is 13.4. The van der Waals surface area contributed by atoms with Crippen molar-refractivity contribution in [2.45, 2.75) is 25.0 Å². The number of rotatable bonds is 5. The average Bonchev–Trinajstić information content (AvgIpc) is 3.18. The maximum absolute atomic E-state index is 12.0. The summed E-state index contributed by atoms with van der Waals surface area (Å²) in [6.07, 6.45) is 1.68. The van der Waals surface area contributed by atoms with E-state index in [0.717, 1.165) is 17.7 Å². The van der Waals surface area contributed by atoms with Crippen LogP contribution in [0.5, 0.6) is 0 Å². The summed E-state index contributed by atoms with van der Waals surface area (Å²) in [6.45, 7) is 1.07. The molecule has 1 aromatic heterocycles. The topological polar surface area (TPSA) is 50.4 Å². The van der Waals surface area contributed by atoms with E-state index in [2.05, 4.69) is 22.8 Å². The monoisotopic (exact) mass is 316 g/mol. The van der Waals surface area contributed by atoms with Gasteiger partial charge in [-0.3, -0.25) is 0 Å². The molecule has 0 spiro atoms. The van der Waals surface area contributed by atoms with Gasteiger partial charge in [-0.15, -0.1) is 11.3 Å². The fraction of sp³-hybridized carbons (Fsp3) is 0.353. The molecule has 0 bridgehead atoms. The Bertz CT molecular complexity index is 615. The normalized spacial score (nSPS) is 15.3. The smallest absolute Gasteiger partial charge is 0.315 e. The van der Waals surface area contributed by atoms with E-state index < -0.39 is 0 Å². The SMILES string of the molecule is COC1(CNC(=O)NCc2cccs2)Cc2ccccc2C1. The van der Waals surface area contributed by atoms with Crippen LogP contribution >= 0.6 is 11.3 Å². The van der Waals surface area contributed by atoms with Crippen LogP contribution in [0.1, 0.15) is 16.0 Å². The van der Waals surface area contributed by atoms with Crippen LogP contribution < -0.4 is 10.6 Å². The maximum atomic E-state index is 12.0. The number of methoxy groups -OCH3 is 1. The largest absolute Gasteiger partial charge is 0.376 e. The molecule has 1 aliphatic rings. The Kier molecular flexibility index (Phi) is 4.45. The number of hydrogen-bond donors (Lipinski definition) is 2. The van der Waals surface area contributed by atoms with Gasteiger partial charge in [-0.2, -0.15) is 0 Å². The summed E-state index contributed by atoms with van der Waals surface area (Å²) in [5.74, 6) is 0. The van der Waals surface area contributed by atoms with Crippen LogP contribution in [0, 0.1) is 0 Å². The predicted molar refractivity (Wildman–Crippen MR) is 88.1 cm³/mol. The number of carbonyl (C=O) groups excluding carboxylic acids is 1. The van der Waals surface area contributed by atoms with Crippen molar-refractivity contribution in [1.82, 2.24) is 10.6 Å². The number of urea groups is 1. The number of thiophene rings is 1. The number of amides is 2. The molecular formula is C17H20N2O2S. The molecule has 0 aliphatic heterocycles. The lowest BCUT2D eigenvalue weighted by Crippen LogP contribution is -2.48. The van der Waals surface area contributed by atoms with Gasteiger partial charge in [0.15, 0.2) is 0 Å². The standard InChI is InChI=1S/C17H20N2O2S/c1-21-17(9-13-5-2-3-6-14(13)10-17)12-19-16(20)18-11-15-7-4-8-22-15/h2-8H,9-12H2,1H3,(H2,18,19,20). The van der Waals surface area contributed by atoms with Gasteiger partial charge in [0.1, 0.15) is 0 Å². The minimum atomic E-state index is -0.329. The lowest BCUT2D eigenvalue weighted by atomic mass is 10.0. The summed E-state index contributed by atoms with van der Waals surface area (Å²) < 4.78 is 5.74. The van der Waals surface area contributed by atoms with E-state index in [1.807, 2.05) is 29.6 Å². The molecule has 0 radical (unpaired) electrons. The van der Waals surface area contributed by atoms with Crippen LogP contribution in [0.4, 0.5) is 4.79 Å². The van der Waals surface area contributed by atoms with Crippen molar-refractivity contribution in [3.63, 3.8) is 0 Å². The highest BCUT2D eigenvalue weighted by Gasteiger charge is 2.37. The molecular weight excluding hydrogens is 296 g/mol. The van der Waals surface area contributed by atoms with Crippen LogP contribution in [0.2, 0.25) is 0 Å². The molecule has 0 unspecified atom stereocenters. The molecule has 2 N–H and O–H groups in total. The fourth-order valence-electron chi connectivity index (χ4n) is 2.89. The Labute approximate surface area is 134 Å². The van der Waals surface area contributed by atoms with Gasteiger partial charge in [0, 0.05) is 31.4 Å². The first kappa shape index (κ1) is 15.1. The van der Waals surface area contributed by atoms with Crippen LogP contribution in [-0.2, 0) is 24.1 Å². The van der Waals surface area contributed by atoms with Gasteiger partial charge in [-0.25, -0.2) is 4.79 Å². The van der Waals surface area contributed by atoms with E-state index in [4.69, 9.17) is 4.74 Å². The number of carbonyl (C=O) groups is 1. The van der Waals surface area contributed by atoms with Crippen molar-refractivity contribution in [1.29, 1.82) is 0 Å². The number of nitrogens with one attached hydrogen (secondary N) is 2. The Hall–Kier alpha value is -1.85. The van der Waals surface area contributed by atoms with E-state index in [0.29, 0.717) is 13.1 Å². The van der Waals surface area contributed by atoms with Gasteiger partial charge in [-0.1, -0.05) is 30.3 Å². The summed E-state index contributed by atoms with van der Waals surface area (Å²) in [7, 11) is 1.72.